The van der Waals surface area contributed by atoms with Gasteiger partial charge in [-0.25, -0.2) is 0 Å². The Bertz CT molecular complexity index is 331. The van der Waals surface area contributed by atoms with Crippen molar-refractivity contribution in [3.63, 3.8) is 0 Å². The Morgan fingerprint density at radius 3 is 0.354 bits per heavy atom. The number of halogens is 20. The average molecular weight is 1110 g/mol. The average Bonchev–Trinajstić information content (AvgIpc) is 2.94. The summed E-state index contributed by atoms with van der Waals surface area (Å²) in [6.45, 7) is 11.0. The minimum atomic E-state index is -0.211. The number of carbonyl (C=O) groups is 3. The van der Waals surface area contributed by atoms with Crippen LogP contribution in [0.2, 0.25) is 0 Å². The van der Waals surface area contributed by atoms with Crippen molar-refractivity contribution in [1.29, 1.82) is 0 Å². The molecule has 26 heteroatoms. The van der Waals surface area contributed by atoms with Gasteiger partial charge in [0.05, 0.1) is 73.2 Å². The Labute approximate surface area is 388 Å². The van der Waals surface area contributed by atoms with Crippen LogP contribution in [0.5, 0.6) is 0 Å². The van der Waals surface area contributed by atoms with E-state index in [1.54, 1.807) is 20.8 Å². The van der Waals surface area contributed by atoms with Crippen molar-refractivity contribution in [2.45, 2.75) is 41.5 Å². The van der Waals surface area contributed by atoms with Gasteiger partial charge in [0.1, 0.15) is 0 Å². The van der Waals surface area contributed by atoms with E-state index < -0.39 is 0 Å². The molecule has 0 aromatic heterocycles. The molecule has 48 heavy (non-hydrogen) atoms. The topological polar surface area (TPSA) is 78.9 Å². The summed E-state index contributed by atoms with van der Waals surface area (Å²) in [6, 6.07) is 0. The first-order valence-electron chi connectivity index (χ1n) is 11.1. The van der Waals surface area contributed by atoms with Gasteiger partial charge in [-0.2, -0.15) is 0 Å². The molecule has 6 nitrogen and oxygen atoms in total. The molecule has 0 aromatic carbocycles. The zero-order valence-corrected chi connectivity index (χ0v) is 41.8. The van der Waals surface area contributed by atoms with Gasteiger partial charge >= 0.3 is 17.9 Å². The van der Waals surface area contributed by atoms with Gasteiger partial charge in [0.25, 0.3) is 0 Å². The molecule has 0 saturated carbocycles. The van der Waals surface area contributed by atoms with E-state index in [0.717, 1.165) is 0 Å². The molecule has 0 bridgehead atoms. The first kappa shape index (κ1) is 89.1. The number of hydrogen-bond donors (Lipinski definition) is 0. The summed E-state index contributed by atoms with van der Waals surface area (Å²) in [7, 11) is 0. The van der Waals surface area contributed by atoms with Gasteiger partial charge in [0, 0.05) is 20.8 Å². The Morgan fingerprint density at radius 2 is 0.354 bits per heavy atom. The van der Waals surface area contributed by atoms with Crippen LogP contribution >= 0.6 is 232 Å². The fraction of sp³-hybridized carbons (Fsp3) is 0.864. The fourth-order valence-corrected chi connectivity index (χ4v) is 0.610. The second-order valence-electron chi connectivity index (χ2n) is 3.78. The summed E-state index contributed by atoms with van der Waals surface area (Å²) >= 11 is 95.3. The van der Waals surface area contributed by atoms with Crippen LogP contribution in [0.25, 0.3) is 0 Å². The number of rotatable bonds is 3. The molecule has 0 radical (unpaired) electrons. The monoisotopic (exact) mass is 1100 g/mol. The lowest BCUT2D eigenvalue weighted by atomic mass is 10.8. The lowest BCUT2D eigenvalue weighted by Crippen LogP contribution is -1.95. The molecular weight excluding hydrogens is 1070 g/mol. The Balaban J connectivity index is -0.0000000255. The summed E-state index contributed by atoms with van der Waals surface area (Å²) < 4.78 is 13.2. The van der Waals surface area contributed by atoms with E-state index in [0.29, 0.717) is 19.8 Å². The van der Waals surface area contributed by atoms with E-state index in [-0.39, 0.29) is 71.3 Å². The number of alkyl halides is 20. The summed E-state index contributed by atoms with van der Waals surface area (Å²) in [4.78, 5) is 29.5. The molecule has 0 heterocycles. The van der Waals surface area contributed by atoms with Crippen LogP contribution in [0, 0.1) is 0 Å². The lowest BCUT2D eigenvalue weighted by Gasteiger charge is -1.89. The first-order valence-corrected chi connectivity index (χ1v) is 21.7. The molecule has 0 aliphatic rings. The maximum Gasteiger partial charge on any atom is 0.302 e. The van der Waals surface area contributed by atoms with Gasteiger partial charge in [-0.3, -0.25) is 14.4 Å². The van der Waals surface area contributed by atoms with Gasteiger partial charge in [0.15, 0.2) is 0 Å². The summed E-state index contributed by atoms with van der Waals surface area (Å²) in [5.41, 5.74) is 0. The van der Waals surface area contributed by atoms with Crippen LogP contribution in [-0.4, -0.2) is 91.1 Å². The third-order valence-electron chi connectivity index (χ3n) is 1.04. The highest BCUT2D eigenvalue weighted by molar-refractivity contribution is 6.43. The standard InChI is InChI=1S/3C4H8O2.10CH2Cl2/c3*1-3-6-4(2)5;10*2-1-3/h3*3H2,1-2H3;10*1H2. The van der Waals surface area contributed by atoms with Crippen LogP contribution in [-0.2, 0) is 28.6 Å². The van der Waals surface area contributed by atoms with E-state index in [4.69, 9.17) is 232 Å². The predicted molar refractivity (Wildman–Crippen MR) is 233 cm³/mol. The van der Waals surface area contributed by atoms with Crippen LogP contribution in [0.1, 0.15) is 41.5 Å². The predicted octanol–water partition coefficient (Wildman–Crippen LogP) is 15.9. The lowest BCUT2D eigenvalue weighted by molar-refractivity contribution is -0.141. The summed E-state index contributed by atoms with van der Waals surface area (Å²) in [5, 5.41) is 1.94. The fourth-order valence-electron chi connectivity index (χ4n) is 0.610. The highest BCUT2D eigenvalue weighted by Crippen LogP contribution is 1.76. The zero-order valence-electron chi connectivity index (χ0n) is 26.7. The van der Waals surface area contributed by atoms with E-state index in [9.17, 15) is 14.4 Å². The van der Waals surface area contributed by atoms with Gasteiger partial charge in [0.2, 0.25) is 0 Å². The highest BCUT2D eigenvalue weighted by atomic mass is 35.6. The van der Waals surface area contributed by atoms with E-state index in [1.807, 2.05) is 0 Å². The molecule has 0 spiro atoms. The molecular formula is C22H44Cl20O6. The normalized spacial score (nSPS) is 6.62. The molecule has 0 N–H and O–H groups in total. The van der Waals surface area contributed by atoms with Crippen molar-refractivity contribution >= 4 is 250 Å². The van der Waals surface area contributed by atoms with Crippen LogP contribution < -0.4 is 0 Å². The highest BCUT2D eigenvalue weighted by Gasteiger charge is 1.82. The first-order chi connectivity index (χ1) is 22.5. The molecule has 0 saturated heterocycles. The summed E-state index contributed by atoms with van der Waals surface area (Å²) in [5.74, 6) is -0.632. The van der Waals surface area contributed by atoms with Gasteiger partial charge in [-0.05, 0) is 20.8 Å². The number of hydrogen-bond acceptors (Lipinski definition) is 6. The molecule has 0 amide bonds. The van der Waals surface area contributed by atoms with Gasteiger partial charge in [-0.15, -0.1) is 232 Å². The molecule has 0 aliphatic heterocycles. The maximum atomic E-state index is 9.82. The Hall–Kier alpha value is 4.21. The largest absolute Gasteiger partial charge is 0.466 e. The van der Waals surface area contributed by atoms with Crippen molar-refractivity contribution < 1.29 is 28.6 Å². The molecule has 0 rings (SSSR count). The number of ether oxygens (including phenoxy) is 3. The third kappa shape index (κ3) is 697. The second kappa shape index (κ2) is 151. The SMILES string of the molecule is CCOC(C)=O.CCOC(C)=O.CCOC(C)=O.ClCCl.ClCCl.ClCCl.ClCCl.ClCCl.ClCCl.ClCCl.ClCCl.ClCCl.ClCCl. The molecule has 0 unspecified atom stereocenters. The molecule has 0 atom stereocenters. The third-order valence-corrected chi connectivity index (χ3v) is 1.04. The maximum absolute atomic E-state index is 9.82. The molecule has 308 valence electrons. The minimum absolute atomic E-state index is 0.194. The van der Waals surface area contributed by atoms with E-state index in [2.05, 4.69) is 14.2 Å². The Kier molecular flexibility index (Phi) is 281. The van der Waals surface area contributed by atoms with Gasteiger partial charge < -0.3 is 14.2 Å². The van der Waals surface area contributed by atoms with Crippen molar-refractivity contribution in [3.8, 4) is 0 Å². The molecule has 0 aromatic rings. The van der Waals surface area contributed by atoms with Crippen LogP contribution in [0.3, 0.4) is 0 Å². The number of esters is 3. The van der Waals surface area contributed by atoms with Gasteiger partial charge in [-0.1, -0.05) is 0 Å². The van der Waals surface area contributed by atoms with Crippen molar-refractivity contribution in [2.24, 2.45) is 0 Å². The van der Waals surface area contributed by atoms with E-state index >= 15 is 0 Å². The Morgan fingerprint density at radius 1 is 0.292 bits per heavy atom. The second-order valence-corrected chi connectivity index (χ2v) is 11.9. The van der Waals surface area contributed by atoms with Crippen molar-refractivity contribution in [3.05, 3.63) is 0 Å². The quantitative estimate of drug-likeness (QED) is 0.159. The van der Waals surface area contributed by atoms with Crippen molar-refractivity contribution in [1.82, 2.24) is 0 Å². The molecule has 0 fully saturated rings. The number of carbonyl (C=O) groups excluding carboxylic acids is 3. The van der Waals surface area contributed by atoms with Crippen molar-refractivity contribution in [2.75, 3.05) is 73.2 Å². The zero-order chi connectivity index (χ0) is 42.0. The minimum Gasteiger partial charge on any atom is -0.466 e. The van der Waals surface area contributed by atoms with Crippen LogP contribution in [0.15, 0.2) is 0 Å². The summed E-state index contributed by atoms with van der Waals surface area (Å²) in [6.07, 6.45) is 0. The smallest absolute Gasteiger partial charge is 0.302 e. The van der Waals surface area contributed by atoms with Crippen LogP contribution in [0.4, 0.5) is 0 Å². The molecule has 0 aliphatic carbocycles. The van der Waals surface area contributed by atoms with E-state index in [1.165, 1.54) is 20.8 Å².